The van der Waals surface area contributed by atoms with Gasteiger partial charge in [0, 0.05) is 44.3 Å². The molecular formula is C22H29FIN3O3. The maximum atomic E-state index is 13.9. The van der Waals surface area contributed by atoms with Crippen molar-refractivity contribution in [3.05, 3.63) is 59.9 Å². The van der Waals surface area contributed by atoms with Crippen molar-refractivity contribution in [3.8, 4) is 11.5 Å². The van der Waals surface area contributed by atoms with Crippen LogP contribution in [-0.2, 0) is 11.3 Å². The molecule has 1 aliphatic rings. The molecule has 3 N–H and O–H groups in total. The normalized spacial score (nSPS) is 18.6. The van der Waals surface area contributed by atoms with E-state index in [-0.39, 0.29) is 41.7 Å². The summed E-state index contributed by atoms with van der Waals surface area (Å²) in [5.74, 6) is 1.02. The van der Waals surface area contributed by atoms with Gasteiger partial charge in [0.2, 0.25) is 0 Å². The summed E-state index contributed by atoms with van der Waals surface area (Å²) < 4.78 is 25.2. The van der Waals surface area contributed by atoms with Crippen LogP contribution >= 0.6 is 24.0 Å². The monoisotopic (exact) mass is 529 g/mol. The molecule has 164 valence electrons. The zero-order valence-corrected chi connectivity index (χ0v) is 19.4. The van der Waals surface area contributed by atoms with Crippen LogP contribution in [0.5, 0.6) is 11.5 Å². The standard InChI is InChI=1S/C22H28FN3O3.HI/c1-24-21(26-15-22(10-12-27)11-13-28-16-22)25-14-17-6-2-4-8-19(17)29-20-9-5-3-7-18(20)23;/h2-9,27H,10-16H2,1H3,(H2,24,25,26);1H. The van der Waals surface area contributed by atoms with Gasteiger partial charge in [-0.1, -0.05) is 30.3 Å². The lowest BCUT2D eigenvalue weighted by atomic mass is 9.84. The number of guanidine groups is 1. The van der Waals surface area contributed by atoms with E-state index < -0.39 is 5.82 Å². The summed E-state index contributed by atoms with van der Waals surface area (Å²) in [6.07, 6.45) is 1.60. The minimum atomic E-state index is -0.402. The molecule has 8 heteroatoms. The van der Waals surface area contributed by atoms with Gasteiger partial charge in [0.1, 0.15) is 5.75 Å². The van der Waals surface area contributed by atoms with Crippen LogP contribution in [0.1, 0.15) is 18.4 Å². The quantitative estimate of drug-likeness (QED) is 0.277. The van der Waals surface area contributed by atoms with E-state index in [1.54, 1.807) is 25.2 Å². The maximum absolute atomic E-state index is 13.9. The van der Waals surface area contributed by atoms with Crippen LogP contribution in [0.25, 0.3) is 0 Å². The summed E-state index contributed by atoms with van der Waals surface area (Å²) in [6, 6.07) is 13.8. The Morgan fingerprint density at radius 1 is 1.17 bits per heavy atom. The highest BCUT2D eigenvalue weighted by molar-refractivity contribution is 14.0. The van der Waals surface area contributed by atoms with Crippen molar-refractivity contribution < 1.29 is 19.0 Å². The first-order valence-electron chi connectivity index (χ1n) is 9.79. The number of nitrogens with one attached hydrogen (secondary N) is 2. The third-order valence-electron chi connectivity index (χ3n) is 5.16. The third kappa shape index (κ3) is 6.55. The fourth-order valence-electron chi connectivity index (χ4n) is 3.38. The van der Waals surface area contributed by atoms with Crippen LogP contribution in [0.15, 0.2) is 53.5 Å². The summed E-state index contributed by atoms with van der Waals surface area (Å²) in [4.78, 5) is 4.27. The van der Waals surface area contributed by atoms with Gasteiger partial charge >= 0.3 is 0 Å². The molecule has 6 nitrogen and oxygen atoms in total. The van der Waals surface area contributed by atoms with E-state index in [1.807, 2.05) is 24.3 Å². The van der Waals surface area contributed by atoms with E-state index in [1.165, 1.54) is 6.07 Å². The van der Waals surface area contributed by atoms with Crippen molar-refractivity contribution in [3.63, 3.8) is 0 Å². The number of nitrogens with zero attached hydrogens (tertiary/aromatic N) is 1. The SMILES string of the molecule is CN=C(NCc1ccccc1Oc1ccccc1F)NCC1(CCO)CCOC1.I. The van der Waals surface area contributed by atoms with Crippen LogP contribution < -0.4 is 15.4 Å². The second-order valence-corrected chi connectivity index (χ2v) is 7.20. The highest BCUT2D eigenvalue weighted by Gasteiger charge is 2.34. The molecule has 0 aromatic heterocycles. The fraction of sp³-hybridized carbons (Fsp3) is 0.409. The van der Waals surface area contributed by atoms with Crippen molar-refractivity contribution in [2.75, 3.05) is 33.4 Å². The lowest BCUT2D eigenvalue weighted by Crippen LogP contribution is -2.44. The average molecular weight is 529 g/mol. The largest absolute Gasteiger partial charge is 0.454 e. The Balaban J connectivity index is 0.00000320. The van der Waals surface area contributed by atoms with Gasteiger partial charge in [-0.15, -0.1) is 24.0 Å². The second-order valence-electron chi connectivity index (χ2n) is 7.20. The lowest BCUT2D eigenvalue weighted by molar-refractivity contribution is 0.127. The molecule has 1 atom stereocenters. The van der Waals surface area contributed by atoms with Gasteiger partial charge in [-0.25, -0.2) is 4.39 Å². The van der Waals surface area contributed by atoms with E-state index in [0.29, 0.717) is 44.4 Å². The number of ether oxygens (including phenoxy) is 2. The molecule has 1 saturated heterocycles. The minimum absolute atomic E-state index is 0. The number of aliphatic hydroxyl groups is 1. The van der Waals surface area contributed by atoms with Crippen LogP contribution in [0.2, 0.25) is 0 Å². The Morgan fingerprint density at radius 3 is 2.57 bits per heavy atom. The Kier molecular flexibility index (Phi) is 9.80. The van der Waals surface area contributed by atoms with Crippen molar-refractivity contribution in [2.24, 2.45) is 10.4 Å². The molecule has 2 aromatic carbocycles. The molecular weight excluding hydrogens is 500 g/mol. The summed E-state index contributed by atoms with van der Waals surface area (Å²) in [7, 11) is 1.71. The predicted octanol–water partition coefficient (Wildman–Crippen LogP) is 3.69. The van der Waals surface area contributed by atoms with Crippen LogP contribution in [0.4, 0.5) is 4.39 Å². The minimum Gasteiger partial charge on any atom is -0.454 e. The first-order valence-corrected chi connectivity index (χ1v) is 9.79. The summed E-state index contributed by atoms with van der Waals surface area (Å²) in [5.41, 5.74) is 0.811. The van der Waals surface area contributed by atoms with Gasteiger partial charge in [-0.2, -0.15) is 0 Å². The first kappa shape index (κ1) is 24.4. The van der Waals surface area contributed by atoms with Gasteiger partial charge in [0.15, 0.2) is 17.5 Å². The van der Waals surface area contributed by atoms with Crippen molar-refractivity contribution in [2.45, 2.75) is 19.4 Å². The van der Waals surface area contributed by atoms with Gasteiger partial charge in [0.05, 0.1) is 6.61 Å². The zero-order valence-electron chi connectivity index (χ0n) is 17.1. The molecule has 0 saturated carbocycles. The Bertz CT molecular complexity index is 829. The summed E-state index contributed by atoms with van der Waals surface area (Å²) in [5, 5.41) is 16.0. The smallest absolute Gasteiger partial charge is 0.191 e. The van der Waals surface area contributed by atoms with E-state index in [0.717, 1.165) is 12.0 Å². The van der Waals surface area contributed by atoms with Crippen molar-refractivity contribution in [1.82, 2.24) is 10.6 Å². The topological polar surface area (TPSA) is 75.1 Å². The summed E-state index contributed by atoms with van der Waals surface area (Å²) in [6.45, 7) is 2.62. The maximum Gasteiger partial charge on any atom is 0.191 e. The first-order chi connectivity index (χ1) is 14.2. The number of rotatable bonds is 8. The van der Waals surface area contributed by atoms with E-state index >= 15 is 0 Å². The summed E-state index contributed by atoms with van der Waals surface area (Å²) >= 11 is 0. The Morgan fingerprint density at radius 2 is 1.90 bits per heavy atom. The number of para-hydroxylation sites is 2. The second kappa shape index (κ2) is 12.1. The molecule has 0 aliphatic carbocycles. The van der Waals surface area contributed by atoms with Crippen LogP contribution in [-0.4, -0.2) is 44.5 Å². The van der Waals surface area contributed by atoms with Gasteiger partial charge in [-0.3, -0.25) is 4.99 Å². The molecule has 2 aromatic rings. The molecule has 3 rings (SSSR count). The zero-order chi connectivity index (χ0) is 20.5. The lowest BCUT2D eigenvalue weighted by Gasteiger charge is -2.27. The number of aliphatic hydroxyl groups excluding tert-OH is 1. The molecule has 0 bridgehead atoms. The third-order valence-corrected chi connectivity index (χ3v) is 5.16. The number of hydrogen-bond acceptors (Lipinski definition) is 4. The average Bonchev–Trinajstić information content (AvgIpc) is 3.20. The van der Waals surface area contributed by atoms with Gasteiger partial charge in [-0.05, 0) is 31.0 Å². The van der Waals surface area contributed by atoms with Crippen molar-refractivity contribution in [1.29, 1.82) is 0 Å². The predicted molar refractivity (Wildman–Crippen MR) is 126 cm³/mol. The number of halogens is 2. The van der Waals surface area contributed by atoms with Gasteiger partial charge in [0.25, 0.3) is 0 Å². The van der Waals surface area contributed by atoms with E-state index in [4.69, 9.17) is 9.47 Å². The molecule has 1 fully saturated rings. The highest BCUT2D eigenvalue weighted by Crippen LogP contribution is 2.31. The van der Waals surface area contributed by atoms with E-state index in [2.05, 4.69) is 15.6 Å². The van der Waals surface area contributed by atoms with Gasteiger partial charge < -0.3 is 25.2 Å². The molecule has 30 heavy (non-hydrogen) atoms. The molecule has 0 radical (unpaired) electrons. The van der Waals surface area contributed by atoms with E-state index in [9.17, 15) is 9.50 Å². The fourth-order valence-corrected chi connectivity index (χ4v) is 3.38. The number of aliphatic imine (C=N–C) groups is 1. The van der Waals surface area contributed by atoms with Crippen LogP contribution in [0, 0.1) is 11.2 Å². The number of benzene rings is 2. The highest BCUT2D eigenvalue weighted by atomic mass is 127. The molecule has 0 amide bonds. The van der Waals surface area contributed by atoms with Crippen molar-refractivity contribution >= 4 is 29.9 Å². The molecule has 1 aliphatic heterocycles. The van der Waals surface area contributed by atoms with Crippen LogP contribution in [0.3, 0.4) is 0 Å². The Labute approximate surface area is 193 Å². The number of hydrogen-bond donors (Lipinski definition) is 3. The molecule has 1 unspecified atom stereocenters. The molecule has 1 heterocycles. The Hall–Kier alpha value is -1.91. The molecule has 0 spiro atoms.